The molecule has 1 aromatic carbocycles. The van der Waals surface area contributed by atoms with E-state index in [1.807, 2.05) is 6.07 Å². The van der Waals surface area contributed by atoms with Gasteiger partial charge in [-0.1, -0.05) is 16.8 Å². The number of nitrogens with one attached hydrogen (secondary N) is 2. The fraction of sp³-hybridized carbons (Fsp3) is 0.333. The van der Waals surface area contributed by atoms with Crippen molar-refractivity contribution in [2.75, 3.05) is 13.1 Å². The van der Waals surface area contributed by atoms with Gasteiger partial charge in [0.2, 0.25) is 0 Å². The van der Waals surface area contributed by atoms with Crippen molar-refractivity contribution in [3.63, 3.8) is 0 Å². The molecule has 1 aliphatic heterocycles. The maximum absolute atomic E-state index is 6.14. The fourth-order valence-corrected chi connectivity index (χ4v) is 3.22. The maximum Gasteiger partial charge on any atom is 0.0722 e. The summed E-state index contributed by atoms with van der Waals surface area (Å²) in [6.07, 6.45) is 3.80. The molecular weight excluding hydrogens is 286 g/mol. The van der Waals surface area contributed by atoms with Crippen molar-refractivity contribution in [3.05, 3.63) is 46.4 Å². The lowest BCUT2D eigenvalue weighted by Crippen LogP contribution is -2.32. The lowest BCUT2D eigenvalue weighted by molar-refractivity contribution is 0.257. The number of halogens is 1. The molecule has 21 heavy (non-hydrogen) atoms. The molecule has 2 aromatic heterocycles. The average molecular weight is 302 g/mol. The van der Waals surface area contributed by atoms with Crippen molar-refractivity contribution in [3.8, 4) is 0 Å². The quantitative estimate of drug-likeness (QED) is 0.781. The molecule has 6 heteroatoms. The highest BCUT2D eigenvalue weighted by molar-refractivity contribution is 6.31. The van der Waals surface area contributed by atoms with Crippen LogP contribution < -0.4 is 0 Å². The summed E-state index contributed by atoms with van der Waals surface area (Å²) in [5.41, 5.74) is 5.01. The molecule has 4 rings (SSSR count). The lowest BCUT2D eigenvalue weighted by atomic mass is 10.0. The highest BCUT2D eigenvalue weighted by Crippen LogP contribution is 2.29. The Morgan fingerprint density at radius 1 is 1.33 bits per heavy atom. The van der Waals surface area contributed by atoms with Gasteiger partial charge in [-0.05, 0) is 23.8 Å². The third-order valence-corrected chi connectivity index (χ3v) is 4.41. The minimum absolute atomic E-state index is 0.796. The summed E-state index contributed by atoms with van der Waals surface area (Å²) in [4.78, 5) is 5.99. The number of fused-ring (bicyclic) bond motifs is 3. The summed E-state index contributed by atoms with van der Waals surface area (Å²) < 4.78 is 0. The number of nitrogens with zero attached hydrogens (tertiary/aromatic N) is 3. The number of benzene rings is 1. The Bertz CT molecular complexity index is 762. The van der Waals surface area contributed by atoms with Gasteiger partial charge in [-0.2, -0.15) is 0 Å². The molecule has 0 unspecified atom stereocenters. The predicted molar refractivity (Wildman–Crippen MR) is 82.4 cm³/mol. The van der Waals surface area contributed by atoms with Gasteiger partial charge < -0.3 is 4.98 Å². The van der Waals surface area contributed by atoms with Gasteiger partial charge in [0.25, 0.3) is 0 Å². The van der Waals surface area contributed by atoms with E-state index in [0.717, 1.165) is 43.2 Å². The van der Waals surface area contributed by atoms with Crippen LogP contribution in [0.4, 0.5) is 0 Å². The Hall–Kier alpha value is -1.85. The summed E-state index contributed by atoms with van der Waals surface area (Å²) in [5, 5.41) is 12.5. The molecule has 0 spiro atoms. The van der Waals surface area contributed by atoms with Crippen LogP contribution in [0.5, 0.6) is 0 Å². The van der Waals surface area contributed by atoms with Crippen LogP contribution >= 0.6 is 11.6 Å². The Morgan fingerprint density at radius 3 is 3.14 bits per heavy atom. The Balaban J connectivity index is 1.56. The van der Waals surface area contributed by atoms with Gasteiger partial charge in [-0.3, -0.25) is 10.00 Å². The summed E-state index contributed by atoms with van der Waals surface area (Å²) >= 11 is 6.14. The highest BCUT2D eigenvalue weighted by atomic mass is 35.5. The Morgan fingerprint density at radius 2 is 2.29 bits per heavy atom. The zero-order valence-electron chi connectivity index (χ0n) is 11.6. The minimum Gasteiger partial charge on any atom is -0.358 e. The molecule has 0 aliphatic carbocycles. The molecule has 0 saturated carbocycles. The van der Waals surface area contributed by atoms with Crippen LogP contribution in [-0.2, 0) is 19.4 Å². The third kappa shape index (κ3) is 2.43. The van der Waals surface area contributed by atoms with Gasteiger partial charge in [-0.15, -0.1) is 5.10 Å². The van der Waals surface area contributed by atoms with Crippen molar-refractivity contribution < 1.29 is 0 Å². The maximum atomic E-state index is 6.14. The summed E-state index contributed by atoms with van der Waals surface area (Å²) in [6, 6.07) is 6.07. The van der Waals surface area contributed by atoms with Crippen LogP contribution in [0.1, 0.15) is 17.0 Å². The second-order valence-electron chi connectivity index (χ2n) is 5.53. The molecule has 0 atom stereocenters. The van der Waals surface area contributed by atoms with Gasteiger partial charge in [0.15, 0.2) is 0 Å². The minimum atomic E-state index is 0.796. The fourth-order valence-electron chi connectivity index (χ4n) is 3.05. The molecule has 0 amide bonds. The molecule has 1 aliphatic rings. The lowest BCUT2D eigenvalue weighted by Gasteiger charge is -2.26. The standard InChI is InChI=1S/C15H16ClN5/c16-10-1-2-14-12(7-10)13-9-21(6-4-15(13)18-14)5-3-11-8-17-20-19-11/h1-2,7-8,18H,3-6,9H2,(H,17,19,20). The van der Waals surface area contributed by atoms with Gasteiger partial charge >= 0.3 is 0 Å². The van der Waals surface area contributed by atoms with E-state index in [4.69, 9.17) is 11.6 Å². The number of hydrogen-bond acceptors (Lipinski definition) is 3. The first-order valence-electron chi connectivity index (χ1n) is 7.16. The van der Waals surface area contributed by atoms with E-state index in [1.54, 1.807) is 6.20 Å². The van der Waals surface area contributed by atoms with Crippen LogP contribution in [0.25, 0.3) is 10.9 Å². The zero-order chi connectivity index (χ0) is 14.2. The van der Waals surface area contributed by atoms with Crippen molar-refractivity contribution in [1.82, 2.24) is 25.3 Å². The normalized spacial score (nSPS) is 15.5. The van der Waals surface area contributed by atoms with E-state index in [0.29, 0.717) is 0 Å². The van der Waals surface area contributed by atoms with E-state index in [1.165, 1.54) is 22.2 Å². The van der Waals surface area contributed by atoms with E-state index in [2.05, 4.69) is 37.4 Å². The van der Waals surface area contributed by atoms with Crippen molar-refractivity contribution >= 4 is 22.5 Å². The topological polar surface area (TPSA) is 60.6 Å². The molecule has 0 bridgehead atoms. The van der Waals surface area contributed by atoms with Crippen molar-refractivity contribution in [2.45, 2.75) is 19.4 Å². The largest absolute Gasteiger partial charge is 0.358 e. The van der Waals surface area contributed by atoms with Crippen molar-refractivity contribution in [2.24, 2.45) is 0 Å². The molecule has 5 nitrogen and oxygen atoms in total. The van der Waals surface area contributed by atoms with E-state index < -0.39 is 0 Å². The summed E-state index contributed by atoms with van der Waals surface area (Å²) in [7, 11) is 0. The molecular formula is C15H16ClN5. The SMILES string of the molecule is Clc1ccc2[nH]c3c(c2c1)CN(CCc1cnn[nH]1)CC3. The van der Waals surface area contributed by atoms with Crippen molar-refractivity contribution in [1.29, 1.82) is 0 Å². The molecule has 0 radical (unpaired) electrons. The average Bonchev–Trinajstić information content (AvgIpc) is 3.12. The van der Waals surface area contributed by atoms with Crippen LogP contribution in [0, 0.1) is 0 Å². The first kappa shape index (κ1) is 12.9. The molecule has 3 aromatic rings. The van der Waals surface area contributed by atoms with Gasteiger partial charge in [0.05, 0.1) is 11.9 Å². The molecule has 0 fully saturated rings. The molecule has 0 saturated heterocycles. The van der Waals surface area contributed by atoms with E-state index >= 15 is 0 Å². The van der Waals surface area contributed by atoms with Gasteiger partial charge in [0, 0.05) is 54.1 Å². The molecule has 2 N–H and O–H groups in total. The number of aromatic nitrogens is 4. The van der Waals surface area contributed by atoms with Crippen LogP contribution in [0.15, 0.2) is 24.4 Å². The second-order valence-corrected chi connectivity index (χ2v) is 5.97. The van der Waals surface area contributed by atoms with E-state index in [9.17, 15) is 0 Å². The third-order valence-electron chi connectivity index (χ3n) is 4.18. The monoisotopic (exact) mass is 301 g/mol. The first-order valence-corrected chi connectivity index (χ1v) is 7.53. The second kappa shape index (κ2) is 5.16. The van der Waals surface area contributed by atoms with E-state index in [-0.39, 0.29) is 0 Å². The predicted octanol–water partition coefficient (Wildman–Crippen LogP) is 2.54. The molecule has 108 valence electrons. The van der Waals surface area contributed by atoms with Gasteiger partial charge in [0.1, 0.15) is 0 Å². The molecule has 3 heterocycles. The Kier molecular flexibility index (Phi) is 3.16. The highest BCUT2D eigenvalue weighted by Gasteiger charge is 2.20. The van der Waals surface area contributed by atoms with Crippen LogP contribution in [0.2, 0.25) is 5.02 Å². The van der Waals surface area contributed by atoms with Crippen LogP contribution in [0.3, 0.4) is 0 Å². The summed E-state index contributed by atoms with van der Waals surface area (Å²) in [6.45, 7) is 3.06. The van der Waals surface area contributed by atoms with Crippen LogP contribution in [-0.4, -0.2) is 38.4 Å². The zero-order valence-corrected chi connectivity index (χ0v) is 12.3. The first-order chi connectivity index (χ1) is 10.3. The number of aromatic amines is 2. The smallest absolute Gasteiger partial charge is 0.0722 e. The van der Waals surface area contributed by atoms with Gasteiger partial charge in [-0.25, -0.2) is 0 Å². The number of hydrogen-bond donors (Lipinski definition) is 2. The number of rotatable bonds is 3. The summed E-state index contributed by atoms with van der Waals surface area (Å²) in [5.74, 6) is 0. The Labute approximate surface area is 127 Å². The number of H-pyrrole nitrogens is 2.